The highest BCUT2D eigenvalue weighted by molar-refractivity contribution is 7.21. The van der Waals surface area contributed by atoms with Gasteiger partial charge in [0.1, 0.15) is 18.2 Å². The number of hydrogen-bond acceptors (Lipinski definition) is 4. The summed E-state index contributed by atoms with van der Waals surface area (Å²) in [6.45, 7) is 4.09. The number of amides is 1. The quantitative estimate of drug-likeness (QED) is 0.685. The average Bonchev–Trinajstić information content (AvgIpc) is 2.98. The molecule has 0 aliphatic rings. The molecule has 0 radical (unpaired) electrons. The zero-order valence-electron chi connectivity index (χ0n) is 14.7. The molecule has 0 atom stereocenters. The van der Waals surface area contributed by atoms with Crippen molar-refractivity contribution in [1.29, 1.82) is 0 Å². The summed E-state index contributed by atoms with van der Waals surface area (Å²) in [6.07, 6.45) is 0. The molecule has 0 fully saturated rings. The third-order valence-corrected chi connectivity index (χ3v) is 5.00. The maximum Gasteiger partial charge on any atom is 0.261 e. The SMILES string of the molecule is CC(C)(N)CNC(=O)c1sc2cccc(F)c2c1COc1ccccc1. The topological polar surface area (TPSA) is 64.3 Å². The zero-order chi connectivity index (χ0) is 18.7. The zero-order valence-corrected chi connectivity index (χ0v) is 15.5. The van der Waals surface area contributed by atoms with Crippen molar-refractivity contribution in [2.75, 3.05) is 6.54 Å². The van der Waals surface area contributed by atoms with E-state index < -0.39 is 5.54 Å². The Bertz CT molecular complexity index is 917. The molecule has 4 nitrogen and oxygen atoms in total. The average molecular weight is 372 g/mol. The summed E-state index contributed by atoms with van der Waals surface area (Å²) in [5.41, 5.74) is 5.96. The van der Waals surface area contributed by atoms with Gasteiger partial charge < -0.3 is 15.8 Å². The third kappa shape index (κ3) is 4.20. The van der Waals surface area contributed by atoms with Crippen LogP contribution in [0, 0.1) is 5.82 Å². The highest BCUT2D eigenvalue weighted by Gasteiger charge is 2.22. The van der Waals surface area contributed by atoms with Crippen LogP contribution in [-0.4, -0.2) is 18.0 Å². The van der Waals surface area contributed by atoms with E-state index in [-0.39, 0.29) is 18.3 Å². The fraction of sp³-hybridized carbons (Fsp3) is 0.250. The first kappa shape index (κ1) is 18.4. The van der Waals surface area contributed by atoms with Gasteiger partial charge in [-0.2, -0.15) is 0 Å². The molecule has 0 unspecified atom stereocenters. The first-order valence-electron chi connectivity index (χ1n) is 8.30. The molecule has 0 spiro atoms. The number of ether oxygens (including phenoxy) is 1. The summed E-state index contributed by atoms with van der Waals surface area (Å²) in [6, 6.07) is 14.1. The first-order valence-corrected chi connectivity index (χ1v) is 9.11. The number of nitrogens with one attached hydrogen (secondary N) is 1. The lowest BCUT2D eigenvalue weighted by Crippen LogP contribution is -2.45. The molecule has 3 N–H and O–H groups in total. The molecule has 0 aliphatic carbocycles. The number of nitrogens with two attached hydrogens (primary N) is 1. The van der Waals surface area contributed by atoms with E-state index in [2.05, 4.69) is 5.32 Å². The molecule has 136 valence electrons. The van der Waals surface area contributed by atoms with Crippen molar-refractivity contribution in [3.8, 4) is 5.75 Å². The molecule has 0 saturated carbocycles. The minimum absolute atomic E-state index is 0.111. The normalized spacial score (nSPS) is 11.5. The van der Waals surface area contributed by atoms with E-state index in [9.17, 15) is 9.18 Å². The Labute approximate surface area is 155 Å². The Morgan fingerprint density at radius 1 is 1.19 bits per heavy atom. The van der Waals surface area contributed by atoms with Crippen LogP contribution in [-0.2, 0) is 6.61 Å². The number of halogens is 1. The Kier molecular flexibility index (Phi) is 5.25. The lowest BCUT2D eigenvalue weighted by atomic mass is 10.1. The molecule has 3 aromatic rings. The number of benzene rings is 2. The van der Waals surface area contributed by atoms with Gasteiger partial charge in [-0.25, -0.2) is 4.39 Å². The monoisotopic (exact) mass is 372 g/mol. The number of thiophene rings is 1. The second-order valence-corrected chi connectivity index (χ2v) is 7.85. The number of carbonyl (C=O) groups is 1. The number of rotatable bonds is 6. The van der Waals surface area contributed by atoms with Crippen molar-refractivity contribution in [1.82, 2.24) is 5.32 Å². The molecule has 1 amide bonds. The predicted octanol–water partition coefficient (Wildman–Crippen LogP) is 4.09. The third-order valence-electron chi connectivity index (χ3n) is 3.80. The van der Waals surface area contributed by atoms with Gasteiger partial charge in [0, 0.05) is 27.7 Å². The van der Waals surface area contributed by atoms with E-state index in [1.807, 2.05) is 44.2 Å². The number of para-hydroxylation sites is 1. The van der Waals surface area contributed by atoms with Gasteiger partial charge in [0.05, 0.1) is 4.88 Å². The highest BCUT2D eigenvalue weighted by atomic mass is 32.1. The fourth-order valence-corrected chi connectivity index (χ4v) is 3.69. The van der Waals surface area contributed by atoms with Crippen LogP contribution in [0.5, 0.6) is 5.75 Å². The maximum atomic E-state index is 14.4. The largest absolute Gasteiger partial charge is 0.489 e. The van der Waals surface area contributed by atoms with E-state index in [0.29, 0.717) is 32.8 Å². The maximum absolute atomic E-state index is 14.4. The van der Waals surface area contributed by atoms with Gasteiger partial charge in [0.15, 0.2) is 0 Å². The van der Waals surface area contributed by atoms with Crippen LogP contribution in [0.3, 0.4) is 0 Å². The minimum Gasteiger partial charge on any atom is -0.489 e. The lowest BCUT2D eigenvalue weighted by Gasteiger charge is -2.18. The summed E-state index contributed by atoms with van der Waals surface area (Å²) >= 11 is 1.26. The van der Waals surface area contributed by atoms with Gasteiger partial charge in [0.2, 0.25) is 0 Å². The Morgan fingerprint density at radius 2 is 1.92 bits per heavy atom. The number of hydrogen-bond donors (Lipinski definition) is 2. The van der Waals surface area contributed by atoms with Crippen LogP contribution >= 0.6 is 11.3 Å². The Hall–Kier alpha value is -2.44. The van der Waals surface area contributed by atoms with Crippen LogP contribution in [0.4, 0.5) is 4.39 Å². The lowest BCUT2D eigenvalue weighted by molar-refractivity contribution is 0.0948. The summed E-state index contributed by atoms with van der Waals surface area (Å²) in [7, 11) is 0. The van der Waals surface area contributed by atoms with E-state index in [4.69, 9.17) is 10.5 Å². The van der Waals surface area contributed by atoms with E-state index in [0.717, 1.165) is 0 Å². The van der Waals surface area contributed by atoms with E-state index in [1.165, 1.54) is 17.4 Å². The van der Waals surface area contributed by atoms with Gasteiger partial charge in [-0.3, -0.25) is 4.79 Å². The Morgan fingerprint density at radius 3 is 2.62 bits per heavy atom. The smallest absolute Gasteiger partial charge is 0.261 e. The molecular formula is C20H21FN2O2S. The van der Waals surface area contributed by atoms with Gasteiger partial charge in [-0.05, 0) is 38.1 Å². The van der Waals surface area contributed by atoms with Crippen molar-refractivity contribution in [2.24, 2.45) is 5.73 Å². The first-order chi connectivity index (χ1) is 12.3. The van der Waals surface area contributed by atoms with Crippen LogP contribution in [0.2, 0.25) is 0 Å². The standard InChI is InChI=1S/C20H21FN2O2S/c1-20(2,22)12-23-19(24)18-14(11-25-13-7-4-3-5-8-13)17-15(21)9-6-10-16(17)26-18/h3-10H,11-12,22H2,1-2H3,(H,23,24). The molecular weight excluding hydrogens is 351 g/mol. The second kappa shape index (κ2) is 7.43. The van der Waals surface area contributed by atoms with Gasteiger partial charge in [-0.15, -0.1) is 11.3 Å². The summed E-state index contributed by atoms with van der Waals surface area (Å²) in [4.78, 5) is 13.1. The summed E-state index contributed by atoms with van der Waals surface area (Å²) < 4.78 is 20.9. The summed E-state index contributed by atoms with van der Waals surface area (Å²) in [5, 5.41) is 3.26. The van der Waals surface area contributed by atoms with Crippen LogP contribution in [0.25, 0.3) is 10.1 Å². The Balaban J connectivity index is 1.94. The molecule has 2 aromatic carbocycles. The molecule has 26 heavy (non-hydrogen) atoms. The highest BCUT2D eigenvalue weighted by Crippen LogP contribution is 2.34. The molecule has 3 rings (SSSR count). The molecule has 0 aliphatic heterocycles. The molecule has 1 heterocycles. The number of carbonyl (C=O) groups excluding carboxylic acids is 1. The predicted molar refractivity (Wildman–Crippen MR) is 103 cm³/mol. The minimum atomic E-state index is -0.529. The van der Waals surface area contributed by atoms with Gasteiger partial charge in [0.25, 0.3) is 5.91 Å². The van der Waals surface area contributed by atoms with Gasteiger partial charge >= 0.3 is 0 Å². The molecule has 0 bridgehead atoms. The van der Waals surface area contributed by atoms with Crippen LogP contribution in [0.1, 0.15) is 29.1 Å². The van der Waals surface area contributed by atoms with E-state index in [1.54, 1.807) is 12.1 Å². The van der Waals surface area contributed by atoms with Gasteiger partial charge in [-0.1, -0.05) is 24.3 Å². The molecule has 6 heteroatoms. The fourth-order valence-electron chi connectivity index (χ4n) is 2.55. The van der Waals surface area contributed by atoms with E-state index >= 15 is 0 Å². The second-order valence-electron chi connectivity index (χ2n) is 6.80. The summed E-state index contributed by atoms with van der Waals surface area (Å²) in [5.74, 6) is 0.0389. The van der Waals surface area contributed by atoms with Crippen molar-refractivity contribution in [3.05, 3.63) is 64.8 Å². The van der Waals surface area contributed by atoms with Crippen LogP contribution in [0.15, 0.2) is 48.5 Å². The van der Waals surface area contributed by atoms with Crippen molar-refractivity contribution in [2.45, 2.75) is 26.0 Å². The van der Waals surface area contributed by atoms with Crippen molar-refractivity contribution >= 4 is 27.3 Å². The van der Waals surface area contributed by atoms with Crippen molar-refractivity contribution < 1.29 is 13.9 Å². The van der Waals surface area contributed by atoms with Crippen LogP contribution < -0.4 is 15.8 Å². The van der Waals surface area contributed by atoms with Crippen molar-refractivity contribution in [3.63, 3.8) is 0 Å². The molecule has 0 saturated heterocycles. The molecule has 1 aromatic heterocycles. The number of fused-ring (bicyclic) bond motifs is 1.